The number of aromatic nitrogens is 1. The molecule has 0 aromatic carbocycles. The van der Waals surface area contributed by atoms with Crippen LogP contribution in [0.5, 0.6) is 0 Å². The minimum Gasteiger partial charge on any atom is -0.353 e. The fraction of sp³-hybridized carbons (Fsp3) is 0.533. The topological polar surface area (TPSA) is 65.5 Å². The molecular formula is C15H20N4O2. The van der Waals surface area contributed by atoms with Gasteiger partial charge in [-0.1, -0.05) is 0 Å². The van der Waals surface area contributed by atoms with Crippen molar-refractivity contribution in [3.63, 3.8) is 0 Å². The monoisotopic (exact) mass is 288 g/mol. The molecule has 6 nitrogen and oxygen atoms in total. The predicted molar refractivity (Wildman–Crippen MR) is 80.1 cm³/mol. The van der Waals surface area contributed by atoms with E-state index in [0.717, 1.165) is 50.5 Å². The van der Waals surface area contributed by atoms with Crippen LogP contribution < -0.4 is 10.2 Å². The largest absolute Gasteiger partial charge is 0.353 e. The molecule has 1 saturated heterocycles. The highest BCUT2D eigenvalue weighted by atomic mass is 16.2. The molecule has 1 saturated carbocycles. The van der Waals surface area contributed by atoms with Crippen LogP contribution in [-0.2, 0) is 9.59 Å². The van der Waals surface area contributed by atoms with E-state index in [0.29, 0.717) is 0 Å². The van der Waals surface area contributed by atoms with Gasteiger partial charge in [0, 0.05) is 39.0 Å². The molecule has 2 heterocycles. The SMILES string of the molecule is CC(=O)N1CCN(c2ccc(NC(=O)C3CC3)cn2)CC1. The molecule has 0 bridgehead atoms. The maximum Gasteiger partial charge on any atom is 0.227 e. The first-order chi connectivity index (χ1) is 10.1. The van der Waals surface area contributed by atoms with Crippen LogP contribution in [0.25, 0.3) is 0 Å². The van der Waals surface area contributed by atoms with Crippen molar-refractivity contribution in [3.8, 4) is 0 Å². The van der Waals surface area contributed by atoms with Crippen LogP contribution in [0.4, 0.5) is 11.5 Å². The summed E-state index contributed by atoms with van der Waals surface area (Å²) in [4.78, 5) is 31.4. The van der Waals surface area contributed by atoms with E-state index < -0.39 is 0 Å². The zero-order chi connectivity index (χ0) is 14.8. The van der Waals surface area contributed by atoms with E-state index in [-0.39, 0.29) is 17.7 Å². The third-order valence-corrected chi connectivity index (χ3v) is 4.01. The van der Waals surface area contributed by atoms with E-state index in [9.17, 15) is 9.59 Å². The molecule has 3 rings (SSSR count). The molecule has 1 aliphatic heterocycles. The number of nitrogens with zero attached hydrogens (tertiary/aromatic N) is 3. The van der Waals surface area contributed by atoms with Gasteiger partial charge in [-0.05, 0) is 25.0 Å². The van der Waals surface area contributed by atoms with E-state index >= 15 is 0 Å². The molecule has 1 aromatic rings. The van der Waals surface area contributed by atoms with Gasteiger partial charge in [0.05, 0.1) is 11.9 Å². The van der Waals surface area contributed by atoms with Crippen molar-refractivity contribution in [2.45, 2.75) is 19.8 Å². The third kappa shape index (κ3) is 3.32. The first-order valence-electron chi connectivity index (χ1n) is 7.41. The molecule has 112 valence electrons. The smallest absolute Gasteiger partial charge is 0.227 e. The Labute approximate surface area is 124 Å². The van der Waals surface area contributed by atoms with Crippen molar-refractivity contribution in [2.24, 2.45) is 5.92 Å². The summed E-state index contributed by atoms with van der Waals surface area (Å²) in [5.41, 5.74) is 0.748. The highest BCUT2D eigenvalue weighted by Gasteiger charge is 2.29. The number of anilines is 2. The first kappa shape index (κ1) is 13.9. The van der Waals surface area contributed by atoms with Crippen LogP contribution in [-0.4, -0.2) is 47.9 Å². The summed E-state index contributed by atoms with van der Waals surface area (Å²) in [6.45, 7) is 4.65. The Hall–Kier alpha value is -2.11. The molecule has 0 atom stereocenters. The Bertz CT molecular complexity index is 531. The summed E-state index contributed by atoms with van der Waals surface area (Å²) in [6, 6.07) is 3.81. The molecule has 1 aliphatic carbocycles. The molecule has 1 N–H and O–H groups in total. The van der Waals surface area contributed by atoms with E-state index in [4.69, 9.17) is 0 Å². The van der Waals surface area contributed by atoms with Crippen molar-refractivity contribution >= 4 is 23.3 Å². The van der Waals surface area contributed by atoms with E-state index in [1.807, 2.05) is 17.0 Å². The number of hydrogen-bond donors (Lipinski definition) is 1. The van der Waals surface area contributed by atoms with Crippen LogP contribution in [0, 0.1) is 5.92 Å². The Kier molecular flexibility index (Phi) is 3.77. The van der Waals surface area contributed by atoms with Gasteiger partial charge >= 0.3 is 0 Å². The first-order valence-corrected chi connectivity index (χ1v) is 7.41. The van der Waals surface area contributed by atoms with Gasteiger partial charge < -0.3 is 15.1 Å². The number of nitrogens with one attached hydrogen (secondary N) is 1. The predicted octanol–water partition coefficient (Wildman–Crippen LogP) is 1.10. The molecule has 0 radical (unpaired) electrons. The van der Waals surface area contributed by atoms with Crippen molar-refractivity contribution < 1.29 is 9.59 Å². The van der Waals surface area contributed by atoms with E-state index in [2.05, 4.69) is 15.2 Å². The zero-order valence-electron chi connectivity index (χ0n) is 12.2. The highest BCUT2D eigenvalue weighted by Crippen LogP contribution is 2.30. The Morgan fingerprint density at radius 3 is 2.43 bits per heavy atom. The van der Waals surface area contributed by atoms with Gasteiger partial charge in [-0.2, -0.15) is 0 Å². The summed E-state index contributed by atoms with van der Waals surface area (Å²) in [5, 5.41) is 2.88. The lowest BCUT2D eigenvalue weighted by Crippen LogP contribution is -2.48. The fourth-order valence-corrected chi connectivity index (χ4v) is 2.49. The normalized spacial score (nSPS) is 18.5. The second-order valence-electron chi connectivity index (χ2n) is 5.66. The number of carbonyl (C=O) groups excluding carboxylic acids is 2. The molecule has 0 spiro atoms. The number of pyridine rings is 1. The fourth-order valence-electron chi connectivity index (χ4n) is 2.49. The number of hydrogen-bond acceptors (Lipinski definition) is 4. The van der Waals surface area contributed by atoms with Gasteiger partial charge in [0.25, 0.3) is 0 Å². The molecule has 2 aliphatic rings. The maximum absolute atomic E-state index is 11.7. The summed E-state index contributed by atoms with van der Waals surface area (Å²) in [5.74, 6) is 1.31. The van der Waals surface area contributed by atoms with Gasteiger partial charge in [0.2, 0.25) is 11.8 Å². The Morgan fingerprint density at radius 1 is 1.19 bits per heavy atom. The summed E-state index contributed by atoms with van der Waals surface area (Å²) >= 11 is 0. The maximum atomic E-state index is 11.7. The molecule has 6 heteroatoms. The second kappa shape index (κ2) is 5.71. The number of carbonyl (C=O) groups is 2. The molecule has 1 aromatic heterocycles. The molecule has 2 fully saturated rings. The Morgan fingerprint density at radius 2 is 1.90 bits per heavy atom. The summed E-state index contributed by atoms with van der Waals surface area (Å²) in [6.07, 6.45) is 3.70. The molecule has 21 heavy (non-hydrogen) atoms. The van der Waals surface area contributed by atoms with Crippen molar-refractivity contribution in [1.82, 2.24) is 9.88 Å². The minimum absolute atomic E-state index is 0.0969. The van der Waals surface area contributed by atoms with Gasteiger partial charge in [-0.25, -0.2) is 4.98 Å². The average Bonchev–Trinajstić information content (AvgIpc) is 3.33. The van der Waals surface area contributed by atoms with Crippen LogP contribution in [0.15, 0.2) is 18.3 Å². The summed E-state index contributed by atoms with van der Waals surface area (Å²) in [7, 11) is 0. The van der Waals surface area contributed by atoms with E-state index in [1.54, 1.807) is 13.1 Å². The lowest BCUT2D eigenvalue weighted by atomic mass is 10.3. The lowest BCUT2D eigenvalue weighted by Gasteiger charge is -2.34. The van der Waals surface area contributed by atoms with Crippen molar-refractivity contribution in [1.29, 1.82) is 0 Å². The van der Waals surface area contributed by atoms with Crippen LogP contribution >= 0.6 is 0 Å². The quantitative estimate of drug-likeness (QED) is 0.904. The number of piperazine rings is 1. The highest BCUT2D eigenvalue weighted by molar-refractivity contribution is 5.93. The minimum atomic E-state index is 0.0969. The second-order valence-corrected chi connectivity index (χ2v) is 5.66. The van der Waals surface area contributed by atoms with Gasteiger partial charge in [0.1, 0.15) is 5.82 Å². The van der Waals surface area contributed by atoms with Crippen LogP contribution in [0.2, 0.25) is 0 Å². The van der Waals surface area contributed by atoms with Crippen LogP contribution in [0.1, 0.15) is 19.8 Å². The van der Waals surface area contributed by atoms with Crippen molar-refractivity contribution in [2.75, 3.05) is 36.4 Å². The van der Waals surface area contributed by atoms with Gasteiger partial charge in [-0.15, -0.1) is 0 Å². The number of amides is 2. The third-order valence-electron chi connectivity index (χ3n) is 4.01. The lowest BCUT2D eigenvalue weighted by molar-refractivity contribution is -0.129. The Balaban J connectivity index is 1.57. The standard InChI is InChI=1S/C15H20N4O2/c1-11(20)18-6-8-19(9-7-18)14-5-4-13(10-16-14)17-15(21)12-2-3-12/h4-5,10,12H,2-3,6-9H2,1H3,(H,17,21). The molecular weight excluding hydrogens is 268 g/mol. The molecule has 0 unspecified atom stereocenters. The van der Waals surface area contributed by atoms with Crippen LogP contribution in [0.3, 0.4) is 0 Å². The van der Waals surface area contributed by atoms with E-state index in [1.165, 1.54) is 0 Å². The molecule has 2 amide bonds. The number of rotatable bonds is 3. The van der Waals surface area contributed by atoms with Crippen molar-refractivity contribution in [3.05, 3.63) is 18.3 Å². The summed E-state index contributed by atoms with van der Waals surface area (Å²) < 4.78 is 0. The average molecular weight is 288 g/mol. The zero-order valence-corrected chi connectivity index (χ0v) is 12.2. The van der Waals surface area contributed by atoms with Gasteiger partial charge in [0.15, 0.2) is 0 Å². The van der Waals surface area contributed by atoms with Gasteiger partial charge in [-0.3, -0.25) is 9.59 Å².